The van der Waals surface area contributed by atoms with Gasteiger partial charge < -0.3 is 0 Å². The van der Waals surface area contributed by atoms with Gasteiger partial charge in [-0.05, 0) is 23.8 Å². The summed E-state index contributed by atoms with van der Waals surface area (Å²) in [5, 5.41) is 4.00. The Kier molecular flexibility index (Phi) is 3.16. The van der Waals surface area contributed by atoms with Crippen LogP contribution in [-0.2, 0) is 7.05 Å². The predicted molar refractivity (Wildman–Crippen MR) is 58.7 cm³/mol. The highest BCUT2D eigenvalue weighted by atomic mass is 19.2. The Morgan fingerprint density at radius 2 is 2.06 bits per heavy atom. The molecule has 0 spiro atoms. The molecule has 0 aliphatic rings. The van der Waals surface area contributed by atoms with E-state index in [0.29, 0.717) is 5.56 Å². The maximum Gasteiger partial charge on any atom is 0.159 e. The molecule has 1 heterocycles. The number of aryl methyl sites for hydroxylation is 1. The Morgan fingerprint density at radius 3 is 2.59 bits per heavy atom. The van der Waals surface area contributed by atoms with Crippen LogP contribution in [0, 0.1) is 11.6 Å². The molecule has 1 aromatic carbocycles. The molecule has 0 saturated carbocycles. The summed E-state index contributed by atoms with van der Waals surface area (Å²) in [6.45, 7) is 0. The number of rotatable bonds is 3. The van der Waals surface area contributed by atoms with E-state index in [4.69, 9.17) is 5.84 Å². The molecule has 0 saturated heterocycles. The molecular formula is C11H12F2N4. The number of halogens is 2. The quantitative estimate of drug-likeness (QED) is 0.625. The number of hydrogen-bond donors (Lipinski definition) is 2. The molecule has 90 valence electrons. The third-order valence-electron chi connectivity index (χ3n) is 2.60. The van der Waals surface area contributed by atoms with Gasteiger partial charge >= 0.3 is 0 Å². The monoisotopic (exact) mass is 238 g/mol. The fraction of sp³-hybridized carbons (Fsp3) is 0.182. The van der Waals surface area contributed by atoms with Crippen LogP contribution >= 0.6 is 0 Å². The first-order valence-electron chi connectivity index (χ1n) is 5.02. The van der Waals surface area contributed by atoms with E-state index < -0.39 is 17.7 Å². The summed E-state index contributed by atoms with van der Waals surface area (Å²) in [7, 11) is 1.75. The smallest absolute Gasteiger partial charge is 0.159 e. The highest BCUT2D eigenvalue weighted by Gasteiger charge is 2.17. The topological polar surface area (TPSA) is 55.9 Å². The zero-order chi connectivity index (χ0) is 12.4. The lowest BCUT2D eigenvalue weighted by Crippen LogP contribution is -2.30. The molecule has 0 amide bonds. The van der Waals surface area contributed by atoms with Crippen molar-refractivity contribution in [2.75, 3.05) is 0 Å². The Bertz CT molecular complexity index is 524. The molecule has 1 aromatic heterocycles. The van der Waals surface area contributed by atoms with Gasteiger partial charge in [-0.2, -0.15) is 5.10 Å². The van der Waals surface area contributed by atoms with Crippen LogP contribution in [0.2, 0.25) is 0 Å². The van der Waals surface area contributed by atoms with E-state index in [1.807, 2.05) is 0 Å². The van der Waals surface area contributed by atoms with E-state index in [1.54, 1.807) is 24.0 Å². The van der Waals surface area contributed by atoms with E-state index in [9.17, 15) is 8.78 Å². The SMILES string of the molecule is Cn1nccc1C(NN)c1ccc(F)c(F)c1. The molecular weight excluding hydrogens is 226 g/mol. The van der Waals surface area contributed by atoms with Crippen molar-refractivity contribution in [3.05, 3.63) is 53.4 Å². The molecule has 0 fully saturated rings. The average molecular weight is 238 g/mol. The van der Waals surface area contributed by atoms with E-state index in [0.717, 1.165) is 17.8 Å². The Balaban J connectivity index is 2.42. The Hall–Kier alpha value is -1.79. The molecule has 3 N–H and O–H groups in total. The van der Waals surface area contributed by atoms with Gasteiger partial charge in [0.15, 0.2) is 11.6 Å². The second-order valence-corrected chi connectivity index (χ2v) is 3.65. The summed E-state index contributed by atoms with van der Waals surface area (Å²) in [6, 6.07) is 5.00. The number of nitrogens with zero attached hydrogens (tertiary/aromatic N) is 2. The summed E-state index contributed by atoms with van der Waals surface area (Å²) in [4.78, 5) is 0. The molecule has 0 radical (unpaired) electrons. The van der Waals surface area contributed by atoms with Crippen LogP contribution in [0.4, 0.5) is 8.78 Å². The average Bonchev–Trinajstić information content (AvgIpc) is 2.71. The van der Waals surface area contributed by atoms with Crippen molar-refractivity contribution in [1.82, 2.24) is 15.2 Å². The number of nitrogens with one attached hydrogen (secondary N) is 1. The van der Waals surface area contributed by atoms with Crippen LogP contribution in [0.3, 0.4) is 0 Å². The van der Waals surface area contributed by atoms with Gasteiger partial charge in [-0.1, -0.05) is 6.07 Å². The summed E-state index contributed by atoms with van der Waals surface area (Å²) >= 11 is 0. The summed E-state index contributed by atoms with van der Waals surface area (Å²) in [5.41, 5.74) is 3.86. The number of hydrazine groups is 1. The lowest BCUT2D eigenvalue weighted by molar-refractivity contribution is 0.501. The Morgan fingerprint density at radius 1 is 1.29 bits per heavy atom. The number of aromatic nitrogens is 2. The third-order valence-corrected chi connectivity index (χ3v) is 2.60. The molecule has 2 rings (SSSR count). The molecule has 2 aromatic rings. The van der Waals surface area contributed by atoms with Gasteiger partial charge in [0.05, 0.1) is 11.7 Å². The second-order valence-electron chi connectivity index (χ2n) is 3.65. The van der Waals surface area contributed by atoms with Crippen LogP contribution < -0.4 is 11.3 Å². The zero-order valence-electron chi connectivity index (χ0n) is 9.19. The zero-order valence-corrected chi connectivity index (χ0v) is 9.19. The predicted octanol–water partition coefficient (Wildman–Crippen LogP) is 1.25. The number of nitrogens with two attached hydrogens (primary N) is 1. The summed E-state index contributed by atoms with van der Waals surface area (Å²) in [6.07, 6.45) is 1.61. The maximum absolute atomic E-state index is 13.2. The molecule has 4 nitrogen and oxygen atoms in total. The molecule has 6 heteroatoms. The molecule has 0 bridgehead atoms. The van der Waals surface area contributed by atoms with Crippen LogP contribution in [0.25, 0.3) is 0 Å². The van der Waals surface area contributed by atoms with Gasteiger partial charge in [0, 0.05) is 13.2 Å². The normalized spacial score (nSPS) is 12.7. The van der Waals surface area contributed by atoms with Crippen LogP contribution in [0.5, 0.6) is 0 Å². The highest BCUT2D eigenvalue weighted by molar-refractivity contribution is 5.28. The summed E-state index contributed by atoms with van der Waals surface area (Å²) < 4.78 is 27.6. The molecule has 1 unspecified atom stereocenters. The van der Waals surface area contributed by atoms with E-state index >= 15 is 0 Å². The van der Waals surface area contributed by atoms with Gasteiger partial charge in [-0.15, -0.1) is 0 Å². The van der Waals surface area contributed by atoms with Gasteiger partial charge in [-0.25, -0.2) is 14.2 Å². The van der Waals surface area contributed by atoms with Gasteiger partial charge in [0.25, 0.3) is 0 Å². The first-order valence-corrected chi connectivity index (χ1v) is 5.02. The van der Waals surface area contributed by atoms with Gasteiger partial charge in [-0.3, -0.25) is 10.5 Å². The first kappa shape index (κ1) is 11.7. The fourth-order valence-electron chi connectivity index (χ4n) is 1.71. The largest absolute Gasteiger partial charge is 0.271 e. The van der Waals surface area contributed by atoms with E-state index in [-0.39, 0.29) is 0 Å². The van der Waals surface area contributed by atoms with Crippen molar-refractivity contribution in [3.8, 4) is 0 Å². The maximum atomic E-state index is 13.2. The Labute approximate surface area is 97.0 Å². The minimum absolute atomic E-state index is 0.433. The van der Waals surface area contributed by atoms with Crippen LogP contribution in [0.1, 0.15) is 17.3 Å². The van der Waals surface area contributed by atoms with Gasteiger partial charge in [0.1, 0.15) is 0 Å². The third kappa shape index (κ3) is 2.17. The van der Waals surface area contributed by atoms with Crippen molar-refractivity contribution in [2.45, 2.75) is 6.04 Å². The van der Waals surface area contributed by atoms with Crippen molar-refractivity contribution >= 4 is 0 Å². The van der Waals surface area contributed by atoms with Crippen LogP contribution in [0.15, 0.2) is 30.5 Å². The van der Waals surface area contributed by atoms with Crippen molar-refractivity contribution < 1.29 is 8.78 Å². The number of benzene rings is 1. The lowest BCUT2D eigenvalue weighted by atomic mass is 10.0. The minimum atomic E-state index is -0.898. The van der Waals surface area contributed by atoms with Crippen LogP contribution in [-0.4, -0.2) is 9.78 Å². The first-order chi connectivity index (χ1) is 8.13. The minimum Gasteiger partial charge on any atom is -0.271 e. The van der Waals surface area contributed by atoms with Gasteiger partial charge in [0.2, 0.25) is 0 Å². The standard InChI is InChI=1S/C11H12F2N4/c1-17-10(4-5-15-17)11(16-14)7-2-3-8(12)9(13)6-7/h2-6,11,16H,14H2,1H3. The molecule has 1 atom stereocenters. The summed E-state index contributed by atoms with van der Waals surface area (Å²) in [5.74, 6) is 3.67. The van der Waals surface area contributed by atoms with Crippen molar-refractivity contribution in [3.63, 3.8) is 0 Å². The number of hydrogen-bond acceptors (Lipinski definition) is 3. The van der Waals surface area contributed by atoms with Crippen molar-refractivity contribution in [2.24, 2.45) is 12.9 Å². The lowest BCUT2D eigenvalue weighted by Gasteiger charge is -2.16. The molecule has 0 aliphatic carbocycles. The fourth-order valence-corrected chi connectivity index (χ4v) is 1.71. The van der Waals surface area contributed by atoms with E-state index in [1.165, 1.54) is 6.07 Å². The van der Waals surface area contributed by atoms with Crippen molar-refractivity contribution in [1.29, 1.82) is 0 Å². The highest BCUT2D eigenvalue weighted by Crippen LogP contribution is 2.22. The molecule has 17 heavy (non-hydrogen) atoms. The molecule has 0 aliphatic heterocycles. The second kappa shape index (κ2) is 4.60. The van der Waals surface area contributed by atoms with E-state index in [2.05, 4.69) is 10.5 Å².